The second-order valence-electron chi connectivity index (χ2n) is 1.45. The zero-order valence-electron chi connectivity index (χ0n) is 6.46. The van der Waals surface area contributed by atoms with Gasteiger partial charge in [-0.1, -0.05) is 0 Å². The Hall–Kier alpha value is -0.770. The van der Waals surface area contributed by atoms with E-state index in [1.807, 2.05) is 0 Å². The Labute approximate surface area is 70.1 Å². The van der Waals surface area contributed by atoms with Crippen molar-refractivity contribution in [2.45, 2.75) is 13.8 Å². The number of alkyl halides is 1. The lowest BCUT2D eigenvalue weighted by molar-refractivity contribution is -0.140. The molecule has 0 aliphatic rings. The first-order chi connectivity index (χ1) is 5.04. The molecule has 0 amide bonds. The number of hydrogen-bond donors (Lipinski definition) is 1. The molecule has 0 radical (unpaired) electrons. The van der Waals surface area contributed by atoms with Gasteiger partial charge in [0.05, 0.1) is 6.61 Å². The number of rotatable bonds is 2. The predicted molar refractivity (Wildman–Crippen MR) is 40.7 cm³/mol. The van der Waals surface area contributed by atoms with Crippen LogP contribution in [-0.2, 0) is 14.3 Å². The van der Waals surface area contributed by atoms with Crippen molar-refractivity contribution >= 4 is 23.5 Å². The summed E-state index contributed by atoms with van der Waals surface area (Å²) >= 11 is 4.74. The average molecular weight is 183 g/mol. The van der Waals surface area contributed by atoms with Crippen LogP contribution in [0.25, 0.3) is 0 Å². The molecule has 1 N–H and O–H groups in total. The molecule has 0 aromatic rings. The molecule has 0 rings (SSSR count). The maximum atomic E-state index is 9.82. The number of carboxylic acids is 1. The molecule has 0 heterocycles. The molecule has 0 atom stereocenters. The fraction of sp³-hybridized carbons (Fsp3) is 0.667. The molecule has 0 aromatic heterocycles. The lowest BCUT2D eigenvalue weighted by atomic mass is 10.8. The molecule has 0 saturated carbocycles. The standard InChI is InChI=1S/C4H8O2.C2H3ClO2/c1-3-6-4(2)5;3-1-2(4)5/h3H2,1-2H3;1H2,(H,4,5). The van der Waals surface area contributed by atoms with E-state index in [-0.39, 0.29) is 11.8 Å². The Balaban J connectivity index is 0. The van der Waals surface area contributed by atoms with E-state index >= 15 is 0 Å². The maximum Gasteiger partial charge on any atom is 0.318 e. The minimum absolute atomic E-state index is 0.211. The summed E-state index contributed by atoms with van der Waals surface area (Å²) in [7, 11) is 0. The summed E-state index contributed by atoms with van der Waals surface area (Å²) in [4.78, 5) is 19.1. The highest BCUT2D eigenvalue weighted by Gasteiger charge is 1.83. The summed E-state index contributed by atoms with van der Waals surface area (Å²) < 4.78 is 4.40. The van der Waals surface area contributed by atoms with Gasteiger partial charge >= 0.3 is 11.9 Å². The monoisotopic (exact) mass is 182 g/mol. The highest BCUT2D eigenvalue weighted by atomic mass is 35.5. The van der Waals surface area contributed by atoms with Crippen molar-refractivity contribution in [1.82, 2.24) is 0 Å². The number of aliphatic carboxylic acids is 1. The van der Waals surface area contributed by atoms with Gasteiger partial charge in [0.1, 0.15) is 5.88 Å². The van der Waals surface area contributed by atoms with Crippen molar-refractivity contribution in [1.29, 1.82) is 0 Å². The number of carbonyl (C=O) groups is 2. The highest BCUT2D eigenvalue weighted by Crippen LogP contribution is 1.69. The van der Waals surface area contributed by atoms with E-state index in [9.17, 15) is 9.59 Å². The Morgan fingerprint density at radius 3 is 1.91 bits per heavy atom. The first kappa shape index (κ1) is 12.9. The van der Waals surface area contributed by atoms with E-state index in [1.54, 1.807) is 6.92 Å². The van der Waals surface area contributed by atoms with Crippen LogP contribution in [0.1, 0.15) is 13.8 Å². The summed E-state index contributed by atoms with van der Waals surface area (Å²) in [6.45, 7) is 3.65. The molecule has 4 nitrogen and oxygen atoms in total. The first-order valence-corrected chi connectivity index (χ1v) is 3.49. The Kier molecular flexibility index (Phi) is 10.8. The van der Waals surface area contributed by atoms with Crippen LogP contribution in [0, 0.1) is 0 Å². The summed E-state index contributed by atoms with van der Waals surface area (Å²) in [5.74, 6) is -1.50. The van der Waals surface area contributed by atoms with Crippen molar-refractivity contribution in [2.24, 2.45) is 0 Å². The topological polar surface area (TPSA) is 63.6 Å². The van der Waals surface area contributed by atoms with Gasteiger partial charge in [-0.15, -0.1) is 11.6 Å². The lowest BCUT2D eigenvalue weighted by Crippen LogP contribution is -1.95. The van der Waals surface area contributed by atoms with Gasteiger partial charge in [-0.25, -0.2) is 0 Å². The van der Waals surface area contributed by atoms with Crippen LogP contribution >= 0.6 is 11.6 Å². The van der Waals surface area contributed by atoms with Crippen LogP contribution in [0.5, 0.6) is 0 Å². The number of esters is 1. The van der Waals surface area contributed by atoms with Crippen LogP contribution in [0.3, 0.4) is 0 Å². The van der Waals surface area contributed by atoms with Crippen LogP contribution in [0.15, 0.2) is 0 Å². The number of ether oxygens (including phenoxy) is 1. The van der Waals surface area contributed by atoms with E-state index < -0.39 is 5.97 Å². The third-order valence-electron chi connectivity index (χ3n) is 0.462. The third kappa shape index (κ3) is 27.0. The van der Waals surface area contributed by atoms with Crippen LogP contribution < -0.4 is 0 Å². The van der Waals surface area contributed by atoms with Gasteiger partial charge in [-0.05, 0) is 6.92 Å². The van der Waals surface area contributed by atoms with Crippen molar-refractivity contribution in [2.75, 3.05) is 12.5 Å². The van der Waals surface area contributed by atoms with Crippen molar-refractivity contribution in [3.8, 4) is 0 Å². The molecule has 0 aliphatic heterocycles. The van der Waals surface area contributed by atoms with E-state index in [1.165, 1.54) is 6.92 Å². The molecule has 0 fully saturated rings. The van der Waals surface area contributed by atoms with E-state index in [2.05, 4.69) is 4.74 Å². The second kappa shape index (κ2) is 9.23. The Morgan fingerprint density at radius 1 is 1.55 bits per heavy atom. The third-order valence-corrected chi connectivity index (χ3v) is 0.691. The summed E-state index contributed by atoms with van der Waals surface area (Å²) in [6.07, 6.45) is 0. The fourth-order valence-corrected chi connectivity index (χ4v) is 0.203. The zero-order chi connectivity index (χ0) is 9.28. The van der Waals surface area contributed by atoms with Crippen LogP contribution in [0.2, 0.25) is 0 Å². The minimum Gasteiger partial charge on any atom is -0.480 e. The Bertz CT molecular complexity index is 124. The molecule has 0 aromatic carbocycles. The lowest BCUT2D eigenvalue weighted by Gasteiger charge is -1.89. The fourth-order valence-electron chi connectivity index (χ4n) is 0.203. The van der Waals surface area contributed by atoms with Gasteiger partial charge in [0.2, 0.25) is 0 Å². The number of halogens is 1. The van der Waals surface area contributed by atoms with Gasteiger partial charge < -0.3 is 9.84 Å². The van der Waals surface area contributed by atoms with Gasteiger partial charge in [0.25, 0.3) is 0 Å². The zero-order valence-corrected chi connectivity index (χ0v) is 7.22. The molecule has 0 unspecified atom stereocenters. The van der Waals surface area contributed by atoms with Gasteiger partial charge in [0, 0.05) is 6.92 Å². The largest absolute Gasteiger partial charge is 0.480 e. The van der Waals surface area contributed by atoms with Crippen molar-refractivity contribution in [3.63, 3.8) is 0 Å². The van der Waals surface area contributed by atoms with E-state index in [0.717, 1.165) is 0 Å². The quantitative estimate of drug-likeness (QED) is 0.509. The summed E-state index contributed by atoms with van der Waals surface area (Å²) in [5, 5.41) is 7.59. The molecule has 0 spiro atoms. The van der Waals surface area contributed by atoms with Crippen molar-refractivity contribution in [3.05, 3.63) is 0 Å². The van der Waals surface area contributed by atoms with Crippen LogP contribution in [0.4, 0.5) is 0 Å². The molecule has 5 heteroatoms. The molecule has 0 saturated heterocycles. The van der Waals surface area contributed by atoms with Gasteiger partial charge in [0.15, 0.2) is 0 Å². The average Bonchev–Trinajstić information content (AvgIpc) is 1.89. The smallest absolute Gasteiger partial charge is 0.318 e. The summed E-state index contributed by atoms with van der Waals surface area (Å²) in [6, 6.07) is 0. The SMILES string of the molecule is CCOC(C)=O.O=C(O)CCl. The predicted octanol–water partition coefficient (Wildman–Crippen LogP) is 0.879. The highest BCUT2D eigenvalue weighted by molar-refractivity contribution is 6.26. The normalized spacial score (nSPS) is 7.55. The summed E-state index contributed by atoms with van der Waals surface area (Å²) in [5.41, 5.74) is 0. The molecular weight excluding hydrogens is 172 g/mol. The van der Waals surface area contributed by atoms with Gasteiger partial charge in [-0.2, -0.15) is 0 Å². The molecule has 0 bridgehead atoms. The molecule has 0 aliphatic carbocycles. The first-order valence-electron chi connectivity index (χ1n) is 2.95. The van der Waals surface area contributed by atoms with E-state index in [4.69, 9.17) is 16.7 Å². The van der Waals surface area contributed by atoms with Gasteiger partial charge in [-0.3, -0.25) is 9.59 Å². The minimum atomic E-state index is -0.980. The second-order valence-corrected chi connectivity index (χ2v) is 1.72. The number of hydrogen-bond acceptors (Lipinski definition) is 3. The Morgan fingerprint density at radius 2 is 1.91 bits per heavy atom. The molecule has 66 valence electrons. The van der Waals surface area contributed by atoms with E-state index in [0.29, 0.717) is 6.61 Å². The number of carboxylic acid groups (broad SMARTS) is 1. The molecule has 11 heavy (non-hydrogen) atoms. The maximum absolute atomic E-state index is 9.82. The van der Waals surface area contributed by atoms with Crippen LogP contribution in [-0.4, -0.2) is 29.5 Å². The van der Waals surface area contributed by atoms with Crippen molar-refractivity contribution < 1.29 is 19.4 Å². The molecular formula is C6H11ClO4. The number of carbonyl (C=O) groups excluding carboxylic acids is 1.